The molecule has 0 unspecified atom stereocenters. The average Bonchev–Trinajstić information content (AvgIpc) is 3.03. The van der Waals surface area contributed by atoms with E-state index in [-0.39, 0.29) is 5.56 Å². The second-order valence-corrected chi connectivity index (χ2v) is 7.96. The fourth-order valence-corrected chi connectivity index (χ4v) is 3.90. The number of para-hydroxylation sites is 2. The third-order valence-electron chi connectivity index (χ3n) is 5.54. The Bertz CT molecular complexity index is 1560. The maximum absolute atomic E-state index is 13.4. The summed E-state index contributed by atoms with van der Waals surface area (Å²) in [5.74, 6) is 0.649. The van der Waals surface area contributed by atoms with Crippen LogP contribution in [-0.4, -0.2) is 9.36 Å². The molecular formula is C26H20ClN3O2. The number of aromatic nitrogens is 2. The van der Waals surface area contributed by atoms with Gasteiger partial charge in [-0.25, -0.2) is 9.67 Å². The van der Waals surface area contributed by atoms with Crippen LogP contribution >= 0.6 is 11.6 Å². The lowest BCUT2D eigenvalue weighted by molar-refractivity contribution is 0.618. The Morgan fingerprint density at radius 1 is 0.906 bits per heavy atom. The van der Waals surface area contributed by atoms with Gasteiger partial charge in [0.05, 0.1) is 16.7 Å². The molecule has 5 nitrogen and oxygen atoms in total. The molecule has 3 aromatic carbocycles. The van der Waals surface area contributed by atoms with E-state index in [2.05, 4.69) is 0 Å². The van der Waals surface area contributed by atoms with E-state index in [4.69, 9.17) is 21.0 Å². The number of nitrogens with zero attached hydrogens (tertiary/aromatic N) is 3. The summed E-state index contributed by atoms with van der Waals surface area (Å²) >= 11 is 6.05. The standard InChI is InChI=1S/C26H20ClN3O2/c1-17-25(26(31)30(29(17)2)20-8-4-3-5-9-20)28-22-16-24(18-12-14-19(27)15-13-18)32-23-11-7-6-10-21(22)23/h3-16H,1-2H3. The van der Waals surface area contributed by atoms with Crippen molar-refractivity contribution >= 4 is 28.3 Å². The summed E-state index contributed by atoms with van der Waals surface area (Å²) in [6.45, 7) is 1.90. The highest BCUT2D eigenvalue weighted by atomic mass is 35.5. The highest BCUT2D eigenvalue weighted by Crippen LogP contribution is 2.24. The molecule has 0 saturated carbocycles. The van der Waals surface area contributed by atoms with Crippen molar-refractivity contribution in [1.29, 1.82) is 0 Å². The first kappa shape index (κ1) is 20.1. The van der Waals surface area contributed by atoms with E-state index in [1.165, 1.54) is 0 Å². The van der Waals surface area contributed by atoms with Crippen molar-refractivity contribution in [3.63, 3.8) is 0 Å². The summed E-state index contributed by atoms with van der Waals surface area (Å²) in [4.78, 5) is 18.2. The Morgan fingerprint density at radius 3 is 2.34 bits per heavy atom. The van der Waals surface area contributed by atoms with E-state index in [1.807, 2.05) is 104 Å². The maximum Gasteiger partial charge on any atom is 0.297 e. The van der Waals surface area contributed by atoms with Gasteiger partial charge in [0.1, 0.15) is 11.3 Å². The van der Waals surface area contributed by atoms with Gasteiger partial charge in [-0.3, -0.25) is 9.48 Å². The fourth-order valence-electron chi connectivity index (χ4n) is 3.77. The van der Waals surface area contributed by atoms with Crippen LogP contribution in [0.4, 0.5) is 5.69 Å². The molecule has 0 fully saturated rings. The lowest BCUT2D eigenvalue weighted by atomic mass is 10.1. The third kappa shape index (κ3) is 3.47. The van der Waals surface area contributed by atoms with E-state index in [9.17, 15) is 4.79 Å². The normalized spacial score (nSPS) is 11.9. The first-order valence-corrected chi connectivity index (χ1v) is 10.6. The molecular weight excluding hydrogens is 422 g/mol. The summed E-state index contributed by atoms with van der Waals surface area (Å²) < 4.78 is 9.59. The van der Waals surface area contributed by atoms with Crippen LogP contribution in [0, 0.1) is 6.92 Å². The first-order valence-electron chi connectivity index (χ1n) is 10.2. The molecule has 2 aromatic heterocycles. The lowest BCUT2D eigenvalue weighted by Gasteiger charge is -2.07. The SMILES string of the molecule is Cc1c(N=c2cc(-c3ccc(Cl)cc3)oc3ccccc23)c(=O)n(-c2ccccc2)n1C. The molecule has 32 heavy (non-hydrogen) atoms. The van der Waals surface area contributed by atoms with Gasteiger partial charge in [-0.05, 0) is 55.5 Å². The van der Waals surface area contributed by atoms with Crippen molar-refractivity contribution in [3.05, 3.63) is 111 Å². The minimum atomic E-state index is -0.172. The zero-order valence-corrected chi connectivity index (χ0v) is 18.4. The van der Waals surface area contributed by atoms with Gasteiger partial charge in [0.2, 0.25) is 0 Å². The second-order valence-electron chi connectivity index (χ2n) is 7.52. The molecule has 158 valence electrons. The van der Waals surface area contributed by atoms with E-state index in [0.29, 0.717) is 27.4 Å². The van der Waals surface area contributed by atoms with Crippen molar-refractivity contribution in [2.24, 2.45) is 12.0 Å². The number of hydrogen-bond donors (Lipinski definition) is 0. The summed E-state index contributed by atoms with van der Waals surface area (Å²) in [6, 6.07) is 26.5. The zero-order chi connectivity index (χ0) is 22.2. The van der Waals surface area contributed by atoms with Crippen LogP contribution in [0.25, 0.3) is 28.0 Å². The van der Waals surface area contributed by atoms with E-state index < -0.39 is 0 Å². The molecule has 0 saturated heterocycles. The lowest BCUT2D eigenvalue weighted by Crippen LogP contribution is -2.19. The molecule has 0 atom stereocenters. The summed E-state index contributed by atoms with van der Waals surface area (Å²) in [5, 5.41) is 2.16. The summed E-state index contributed by atoms with van der Waals surface area (Å²) in [6.07, 6.45) is 0. The van der Waals surface area contributed by atoms with Gasteiger partial charge >= 0.3 is 0 Å². The fraction of sp³-hybridized carbons (Fsp3) is 0.0769. The third-order valence-corrected chi connectivity index (χ3v) is 5.79. The predicted molar refractivity (Wildman–Crippen MR) is 128 cm³/mol. The molecule has 6 heteroatoms. The Morgan fingerprint density at radius 2 is 1.59 bits per heavy atom. The van der Waals surface area contributed by atoms with Gasteiger partial charge in [0.25, 0.3) is 5.56 Å². The maximum atomic E-state index is 13.4. The molecule has 5 aromatic rings. The predicted octanol–water partition coefficient (Wildman–Crippen LogP) is 5.78. The highest BCUT2D eigenvalue weighted by Gasteiger charge is 2.16. The molecule has 0 aliphatic heterocycles. The smallest absolute Gasteiger partial charge is 0.297 e. The Labute approximate surface area is 189 Å². The molecule has 5 rings (SSSR count). The molecule has 0 radical (unpaired) electrons. The molecule has 0 aliphatic rings. The minimum Gasteiger partial charge on any atom is -0.456 e. The van der Waals surface area contributed by atoms with Crippen molar-refractivity contribution in [1.82, 2.24) is 9.36 Å². The van der Waals surface area contributed by atoms with Gasteiger partial charge in [-0.15, -0.1) is 0 Å². The summed E-state index contributed by atoms with van der Waals surface area (Å²) in [5.41, 5.74) is 3.36. The molecule has 0 bridgehead atoms. The van der Waals surface area contributed by atoms with Crippen LogP contribution in [0.15, 0.2) is 99.1 Å². The van der Waals surface area contributed by atoms with Crippen LogP contribution in [0.2, 0.25) is 5.02 Å². The van der Waals surface area contributed by atoms with Gasteiger partial charge in [0.15, 0.2) is 5.69 Å². The van der Waals surface area contributed by atoms with Crippen molar-refractivity contribution < 1.29 is 4.42 Å². The Hall–Kier alpha value is -3.83. The first-order chi connectivity index (χ1) is 15.5. The monoisotopic (exact) mass is 441 g/mol. The Balaban J connectivity index is 1.78. The molecule has 2 heterocycles. The number of hydrogen-bond acceptors (Lipinski definition) is 3. The van der Waals surface area contributed by atoms with Crippen molar-refractivity contribution in [2.75, 3.05) is 0 Å². The van der Waals surface area contributed by atoms with Crippen LogP contribution in [0.3, 0.4) is 0 Å². The molecule has 0 N–H and O–H groups in total. The van der Waals surface area contributed by atoms with Gasteiger partial charge in [-0.2, -0.15) is 0 Å². The second kappa shape index (κ2) is 8.02. The number of fused-ring (bicyclic) bond motifs is 1. The molecule has 0 spiro atoms. The average molecular weight is 442 g/mol. The van der Waals surface area contributed by atoms with E-state index in [0.717, 1.165) is 22.3 Å². The van der Waals surface area contributed by atoms with Crippen molar-refractivity contribution in [3.8, 4) is 17.0 Å². The highest BCUT2D eigenvalue weighted by molar-refractivity contribution is 6.30. The van der Waals surface area contributed by atoms with Gasteiger partial charge < -0.3 is 4.42 Å². The molecule has 0 aliphatic carbocycles. The van der Waals surface area contributed by atoms with Crippen LogP contribution in [0.5, 0.6) is 0 Å². The number of halogens is 1. The number of benzene rings is 3. The van der Waals surface area contributed by atoms with Crippen molar-refractivity contribution in [2.45, 2.75) is 6.92 Å². The number of rotatable bonds is 3. The largest absolute Gasteiger partial charge is 0.456 e. The zero-order valence-electron chi connectivity index (χ0n) is 17.6. The van der Waals surface area contributed by atoms with Crippen LogP contribution in [-0.2, 0) is 7.05 Å². The van der Waals surface area contributed by atoms with Gasteiger partial charge in [-0.1, -0.05) is 41.9 Å². The van der Waals surface area contributed by atoms with E-state index in [1.54, 1.807) is 4.68 Å². The topological polar surface area (TPSA) is 52.4 Å². The van der Waals surface area contributed by atoms with Crippen LogP contribution in [0.1, 0.15) is 5.69 Å². The minimum absolute atomic E-state index is 0.172. The quantitative estimate of drug-likeness (QED) is 0.356. The van der Waals surface area contributed by atoms with E-state index >= 15 is 0 Å². The Kier molecular flexibility index (Phi) is 5.04. The summed E-state index contributed by atoms with van der Waals surface area (Å²) in [7, 11) is 1.86. The van der Waals surface area contributed by atoms with Crippen LogP contribution < -0.4 is 10.9 Å². The molecule has 0 amide bonds. The van der Waals surface area contributed by atoms with Gasteiger partial charge in [0, 0.05) is 29.1 Å².